The van der Waals surface area contributed by atoms with Crippen molar-refractivity contribution in [3.8, 4) is 0 Å². The summed E-state index contributed by atoms with van der Waals surface area (Å²) < 4.78 is 6.02. The van der Waals surface area contributed by atoms with E-state index in [1.54, 1.807) is 0 Å². The molecule has 0 saturated heterocycles. The molecular weight excluding hydrogens is 264 g/mol. The van der Waals surface area contributed by atoms with Gasteiger partial charge in [-0.15, -0.1) is 0 Å². The van der Waals surface area contributed by atoms with E-state index in [9.17, 15) is 9.90 Å². The fraction of sp³-hybridized carbons (Fsp3) is 0.611. The van der Waals surface area contributed by atoms with Crippen molar-refractivity contribution < 1.29 is 14.6 Å². The van der Waals surface area contributed by atoms with Crippen molar-refractivity contribution in [2.75, 3.05) is 0 Å². The van der Waals surface area contributed by atoms with Crippen molar-refractivity contribution in [2.45, 2.75) is 59.9 Å². The van der Waals surface area contributed by atoms with Gasteiger partial charge in [-0.1, -0.05) is 50.6 Å². The second-order valence-electron chi connectivity index (χ2n) is 6.34. The zero-order chi connectivity index (χ0) is 16.0. The highest BCUT2D eigenvalue weighted by Crippen LogP contribution is 2.23. The Kier molecular flexibility index (Phi) is 7.06. The molecule has 0 fully saturated rings. The van der Waals surface area contributed by atoms with Gasteiger partial charge in [0.15, 0.2) is 0 Å². The van der Waals surface area contributed by atoms with Gasteiger partial charge in [-0.25, -0.2) is 0 Å². The first kappa shape index (κ1) is 17.9. The Morgan fingerprint density at radius 2 is 1.76 bits per heavy atom. The number of aryl methyl sites for hydroxylation is 1. The Labute approximate surface area is 128 Å². The van der Waals surface area contributed by atoms with Gasteiger partial charge in [0.25, 0.3) is 0 Å². The molecule has 0 aliphatic rings. The second-order valence-corrected chi connectivity index (χ2v) is 6.34. The first-order valence-corrected chi connectivity index (χ1v) is 7.66. The molecule has 0 aliphatic carbocycles. The van der Waals surface area contributed by atoms with Crippen molar-refractivity contribution in [3.63, 3.8) is 0 Å². The Balaban J connectivity index is 2.64. The fourth-order valence-electron chi connectivity index (χ4n) is 2.53. The molecule has 118 valence electrons. The lowest BCUT2D eigenvalue weighted by atomic mass is 9.88. The third kappa shape index (κ3) is 5.98. The van der Waals surface area contributed by atoms with Crippen molar-refractivity contribution in [2.24, 2.45) is 11.8 Å². The summed E-state index contributed by atoms with van der Waals surface area (Å²) in [7, 11) is 0. The summed E-state index contributed by atoms with van der Waals surface area (Å²) >= 11 is 0. The van der Waals surface area contributed by atoms with Crippen LogP contribution in [0.25, 0.3) is 0 Å². The van der Waals surface area contributed by atoms with Gasteiger partial charge >= 0.3 is 0 Å². The Hall–Kier alpha value is -1.19. The van der Waals surface area contributed by atoms with Crippen LogP contribution in [-0.4, -0.2) is 23.1 Å². The van der Waals surface area contributed by atoms with Crippen LogP contribution in [0.3, 0.4) is 0 Å². The molecule has 3 atom stereocenters. The van der Waals surface area contributed by atoms with Gasteiger partial charge in [-0.2, -0.15) is 0 Å². The average molecular weight is 292 g/mol. The summed E-state index contributed by atoms with van der Waals surface area (Å²) in [5.41, 5.74) is 2.35. The fourth-order valence-corrected chi connectivity index (χ4v) is 2.53. The predicted molar refractivity (Wildman–Crippen MR) is 85.1 cm³/mol. The number of carbonyl (C=O) groups excluding carboxylic acids is 1. The molecule has 1 aromatic carbocycles. The van der Waals surface area contributed by atoms with Crippen molar-refractivity contribution in [1.29, 1.82) is 0 Å². The lowest BCUT2D eigenvalue weighted by Gasteiger charge is -2.30. The van der Waals surface area contributed by atoms with E-state index >= 15 is 0 Å². The van der Waals surface area contributed by atoms with Crippen LogP contribution >= 0.6 is 0 Å². The van der Waals surface area contributed by atoms with E-state index in [1.807, 2.05) is 6.92 Å². The molecule has 1 aromatic rings. The number of carbonyl (C=O) groups is 1. The van der Waals surface area contributed by atoms with Gasteiger partial charge in [0.2, 0.25) is 0 Å². The van der Waals surface area contributed by atoms with E-state index in [0.29, 0.717) is 6.61 Å². The minimum atomic E-state index is -0.645. The number of aliphatic hydroxyl groups is 1. The van der Waals surface area contributed by atoms with Crippen LogP contribution in [0.5, 0.6) is 0 Å². The predicted octanol–water partition coefficient (Wildman–Crippen LogP) is 3.51. The highest BCUT2D eigenvalue weighted by Gasteiger charge is 2.28. The highest BCUT2D eigenvalue weighted by molar-refractivity contribution is 5.75. The number of Topliss-reactive ketones (excluding diaryl/α,β-unsaturated/α-hetero) is 1. The van der Waals surface area contributed by atoms with E-state index in [2.05, 4.69) is 45.0 Å². The normalized spacial score (nSPS) is 15.8. The van der Waals surface area contributed by atoms with Crippen molar-refractivity contribution in [1.82, 2.24) is 0 Å². The van der Waals surface area contributed by atoms with Crippen LogP contribution < -0.4 is 0 Å². The number of ketones is 1. The lowest BCUT2D eigenvalue weighted by Crippen LogP contribution is -2.36. The first-order valence-electron chi connectivity index (χ1n) is 7.66. The van der Waals surface area contributed by atoms with E-state index in [0.717, 1.165) is 5.56 Å². The number of ether oxygens (including phenoxy) is 1. The molecule has 0 amide bonds. The molecule has 0 spiro atoms. The van der Waals surface area contributed by atoms with E-state index in [4.69, 9.17) is 4.74 Å². The van der Waals surface area contributed by atoms with Crippen LogP contribution in [0.15, 0.2) is 24.3 Å². The molecule has 0 radical (unpaired) electrons. The van der Waals surface area contributed by atoms with Crippen LogP contribution in [0.4, 0.5) is 0 Å². The SMILES string of the molecule is CC(=O)C[C@H](O)[C@@H](C)[C@H](OCc1ccc(C)cc1)C(C)C. The Bertz CT molecular complexity index is 436. The minimum absolute atomic E-state index is 0.00962. The van der Waals surface area contributed by atoms with Crippen LogP contribution in [0.1, 0.15) is 45.2 Å². The number of aliphatic hydroxyl groups excluding tert-OH is 1. The van der Waals surface area contributed by atoms with Gasteiger partial charge in [-0.05, 0) is 25.3 Å². The maximum atomic E-state index is 11.2. The molecule has 0 saturated carbocycles. The maximum Gasteiger partial charge on any atom is 0.132 e. The summed E-state index contributed by atoms with van der Waals surface area (Å²) in [6.45, 7) is 10.2. The van der Waals surface area contributed by atoms with Crippen LogP contribution in [0.2, 0.25) is 0 Å². The Morgan fingerprint density at radius 1 is 1.19 bits per heavy atom. The molecule has 21 heavy (non-hydrogen) atoms. The minimum Gasteiger partial charge on any atom is -0.392 e. The number of hydrogen-bond donors (Lipinski definition) is 1. The van der Waals surface area contributed by atoms with Gasteiger partial charge < -0.3 is 9.84 Å². The maximum absolute atomic E-state index is 11.2. The van der Waals surface area contributed by atoms with Crippen LogP contribution in [-0.2, 0) is 16.1 Å². The third-order valence-corrected chi connectivity index (χ3v) is 3.84. The highest BCUT2D eigenvalue weighted by atomic mass is 16.5. The molecule has 3 nitrogen and oxygen atoms in total. The number of hydrogen-bond acceptors (Lipinski definition) is 3. The van der Waals surface area contributed by atoms with Crippen molar-refractivity contribution >= 4 is 5.78 Å². The monoisotopic (exact) mass is 292 g/mol. The van der Waals surface area contributed by atoms with E-state index in [1.165, 1.54) is 12.5 Å². The summed E-state index contributed by atoms with van der Waals surface area (Å²) in [4.78, 5) is 11.2. The third-order valence-electron chi connectivity index (χ3n) is 3.84. The molecule has 1 rings (SSSR count). The molecule has 0 aromatic heterocycles. The first-order chi connectivity index (χ1) is 9.81. The molecule has 0 bridgehead atoms. The number of benzene rings is 1. The summed E-state index contributed by atoms with van der Waals surface area (Å²) in [5.74, 6) is 0.224. The molecule has 0 aliphatic heterocycles. The van der Waals surface area contributed by atoms with Gasteiger partial charge in [0.05, 0.1) is 18.8 Å². The molecule has 3 heteroatoms. The second kappa shape index (κ2) is 8.30. The zero-order valence-electron chi connectivity index (χ0n) is 13.8. The van der Waals surface area contributed by atoms with Gasteiger partial charge in [0.1, 0.15) is 5.78 Å². The lowest BCUT2D eigenvalue weighted by molar-refractivity contribution is -0.121. The quantitative estimate of drug-likeness (QED) is 0.797. The van der Waals surface area contributed by atoms with Crippen molar-refractivity contribution in [3.05, 3.63) is 35.4 Å². The smallest absolute Gasteiger partial charge is 0.132 e. The van der Waals surface area contributed by atoms with Gasteiger partial charge in [0, 0.05) is 12.3 Å². The molecule has 0 unspecified atom stereocenters. The Morgan fingerprint density at radius 3 is 2.24 bits per heavy atom. The van der Waals surface area contributed by atoms with E-state index in [-0.39, 0.29) is 30.1 Å². The zero-order valence-corrected chi connectivity index (χ0v) is 13.8. The standard InChI is InChI=1S/C18H28O3/c1-12(2)18(15(5)17(20)10-14(4)19)21-11-16-8-6-13(3)7-9-16/h6-9,12,15,17-18,20H,10-11H2,1-5H3/t15-,17+,18-/m1/s1. The molecule has 1 N–H and O–H groups in total. The summed E-state index contributed by atoms with van der Waals surface area (Å²) in [5, 5.41) is 10.1. The largest absolute Gasteiger partial charge is 0.392 e. The summed E-state index contributed by atoms with van der Waals surface area (Å²) in [6, 6.07) is 8.25. The van der Waals surface area contributed by atoms with Crippen LogP contribution in [0, 0.1) is 18.8 Å². The van der Waals surface area contributed by atoms with Gasteiger partial charge in [-0.3, -0.25) is 4.79 Å². The molecular formula is C18H28O3. The average Bonchev–Trinajstić information content (AvgIpc) is 2.39. The molecule has 0 heterocycles. The topological polar surface area (TPSA) is 46.5 Å². The number of rotatable bonds is 8. The van der Waals surface area contributed by atoms with E-state index < -0.39 is 6.10 Å². The summed E-state index contributed by atoms with van der Waals surface area (Å²) in [6.07, 6.45) is -0.522.